The van der Waals surface area contributed by atoms with E-state index < -0.39 is 0 Å². The van der Waals surface area contributed by atoms with Crippen molar-refractivity contribution in [3.8, 4) is 0 Å². The Hall–Kier alpha value is -1.59. The summed E-state index contributed by atoms with van der Waals surface area (Å²) in [5.41, 5.74) is 7.63. The summed E-state index contributed by atoms with van der Waals surface area (Å²) in [5.74, 6) is 0.464. The molecule has 0 aliphatic heterocycles. The van der Waals surface area contributed by atoms with E-state index in [1.807, 2.05) is 35.9 Å². The summed E-state index contributed by atoms with van der Waals surface area (Å²) in [6.45, 7) is 2.63. The fourth-order valence-electron chi connectivity index (χ4n) is 1.93. The third-order valence-corrected chi connectivity index (χ3v) is 3.91. The summed E-state index contributed by atoms with van der Waals surface area (Å²) in [6, 6.07) is 5.62. The smallest absolute Gasteiger partial charge is 0.201 e. The zero-order chi connectivity index (χ0) is 12.7. The van der Waals surface area contributed by atoms with Gasteiger partial charge in [0.15, 0.2) is 0 Å². The van der Waals surface area contributed by atoms with Crippen molar-refractivity contribution < 1.29 is 0 Å². The van der Waals surface area contributed by atoms with E-state index in [0.29, 0.717) is 17.5 Å². The Labute approximate surface area is 113 Å². The molecule has 0 radical (unpaired) electrons. The van der Waals surface area contributed by atoms with Crippen molar-refractivity contribution in [2.24, 2.45) is 0 Å². The number of nitrogens with zero attached hydrogens (tertiary/aromatic N) is 3. The van der Waals surface area contributed by atoms with E-state index in [1.165, 1.54) is 4.88 Å². The van der Waals surface area contributed by atoms with Crippen LogP contribution >= 0.6 is 22.9 Å². The van der Waals surface area contributed by atoms with E-state index in [1.54, 1.807) is 11.3 Å². The van der Waals surface area contributed by atoms with Crippen LogP contribution in [0.4, 0.5) is 5.95 Å². The summed E-state index contributed by atoms with van der Waals surface area (Å²) < 4.78 is 1.90. The number of fused-ring (bicyclic) bond motifs is 1. The number of rotatable bonds is 2. The minimum atomic E-state index is 0.464. The molecular weight excluding hydrogens is 268 g/mol. The second kappa shape index (κ2) is 4.26. The van der Waals surface area contributed by atoms with Gasteiger partial charge in [-0.15, -0.1) is 11.3 Å². The average molecular weight is 279 g/mol. The fourth-order valence-corrected chi connectivity index (χ4v) is 2.98. The molecule has 92 valence electrons. The molecule has 18 heavy (non-hydrogen) atoms. The first-order valence-electron chi connectivity index (χ1n) is 5.46. The number of hydrogen-bond donors (Lipinski definition) is 1. The predicted molar refractivity (Wildman–Crippen MR) is 75.1 cm³/mol. The third-order valence-electron chi connectivity index (χ3n) is 2.71. The van der Waals surface area contributed by atoms with E-state index >= 15 is 0 Å². The summed E-state index contributed by atoms with van der Waals surface area (Å²) in [6.07, 6.45) is 1.86. The van der Waals surface area contributed by atoms with Crippen LogP contribution in [0, 0.1) is 6.92 Å². The Kier molecular flexibility index (Phi) is 2.72. The number of hydrogen-bond acceptors (Lipinski definition) is 4. The number of halogens is 1. The highest BCUT2D eigenvalue weighted by Gasteiger charge is 2.12. The lowest BCUT2D eigenvalue weighted by Gasteiger charge is -2.04. The van der Waals surface area contributed by atoms with Crippen LogP contribution in [0.3, 0.4) is 0 Å². The molecule has 2 aromatic heterocycles. The van der Waals surface area contributed by atoms with Gasteiger partial charge in [-0.25, -0.2) is 9.97 Å². The van der Waals surface area contributed by atoms with Crippen LogP contribution in [0.1, 0.15) is 9.88 Å². The Morgan fingerprint density at radius 1 is 1.44 bits per heavy atom. The van der Waals surface area contributed by atoms with Crippen LogP contribution in [0.2, 0.25) is 5.02 Å². The van der Waals surface area contributed by atoms with E-state index in [4.69, 9.17) is 17.3 Å². The summed E-state index contributed by atoms with van der Waals surface area (Å²) in [5, 5.41) is 1.66. The van der Waals surface area contributed by atoms with Gasteiger partial charge in [0.25, 0.3) is 0 Å². The zero-order valence-electron chi connectivity index (χ0n) is 9.72. The molecule has 2 N–H and O–H groups in total. The predicted octanol–water partition coefficient (Wildman–Crippen LogP) is 3.09. The van der Waals surface area contributed by atoms with Crippen molar-refractivity contribution in [2.45, 2.75) is 13.5 Å². The first-order valence-corrected chi connectivity index (χ1v) is 6.66. The number of thiazole rings is 1. The first-order chi connectivity index (χ1) is 8.65. The van der Waals surface area contributed by atoms with Crippen molar-refractivity contribution >= 4 is 39.9 Å². The second-order valence-electron chi connectivity index (χ2n) is 4.03. The molecule has 1 aromatic carbocycles. The molecule has 2 heterocycles. The molecule has 4 nitrogen and oxygen atoms in total. The molecule has 3 aromatic rings. The third kappa shape index (κ3) is 1.85. The largest absolute Gasteiger partial charge is 0.369 e. The Morgan fingerprint density at radius 3 is 3.00 bits per heavy atom. The van der Waals surface area contributed by atoms with E-state index in [2.05, 4.69) is 9.97 Å². The van der Waals surface area contributed by atoms with Crippen molar-refractivity contribution in [1.29, 1.82) is 0 Å². The fraction of sp³-hybridized carbons (Fsp3) is 0.167. The molecule has 0 saturated heterocycles. The Morgan fingerprint density at radius 2 is 2.28 bits per heavy atom. The number of para-hydroxylation sites is 1. The molecule has 0 bridgehead atoms. The SMILES string of the molecule is Cc1cnc(Cn2c(N)nc3cccc(Cl)c32)s1. The topological polar surface area (TPSA) is 56.7 Å². The lowest BCUT2D eigenvalue weighted by molar-refractivity contribution is 0.830. The molecule has 0 spiro atoms. The van der Waals surface area contributed by atoms with E-state index in [-0.39, 0.29) is 0 Å². The van der Waals surface area contributed by atoms with Gasteiger partial charge in [-0.3, -0.25) is 0 Å². The molecule has 0 atom stereocenters. The van der Waals surface area contributed by atoms with E-state index in [0.717, 1.165) is 16.0 Å². The maximum absolute atomic E-state index is 6.21. The molecule has 6 heteroatoms. The summed E-state index contributed by atoms with van der Waals surface area (Å²) >= 11 is 7.86. The van der Waals surface area contributed by atoms with E-state index in [9.17, 15) is 0 Å². The van der Waals surface area contributed by atoms with Crippen LogP contribution in [-0.2, 0) is 6.54 Å². The van der Waals surface area contributed by atoms with Gasteiger partial charge in [0.2, 0.25) is 5.95 Å². The van der Waals surface area contributed by atoms with Gasteiger partial charge >= 0.3 is 0 Å². The number of benzene rings is 1. The molecular formula is C12H11ClN4S. The second-order valence-corrected chi connectivity index (χ2v) is 5.75. The van der Waals surface area contributed by atoms with Gasteiger partial charge in [0, 0.05) is 11.1 Å². The quantitative estimate of drug-likeness (QED) is 0.784. The van der Waals surface area contributed by atoms with Crippen LogP contribution in [-0.4, -0.2) is 14.5 Å². The number of anilines is 1. The minimum absolute atomic E-state index is 0.464. The number of imidazole rings is 1. The normalized spacial score (nSPS) is 11.2. The highest BCUT2D eigenvalue weighted by atomic mass is 35.5. The van der Waals surface area contributed by atoms with Crippen LogP contribution in [0.15, 0.2) is 24.4 Å². The number of nitrogen functional groups attached to an aromatic ring is 1. The average Bonchev–Trinajstić information content (AvgIpc) is 2.85. The van der Waals surface area contributed by atoms with Gasteiger partial charge in [-0.2, -0.15) is 0 Å². The molecule has 0 fully saturated rings. The Bertz CT molecular complexity index is 716. The van der Waals surface area contributed by atoms with Gasteiger partial charge in [0.05, 0.1) is 22.6 Å². The van der Waals surface area contributed by atoms with Crippen molar-refractivity contribution in [1.82, 2.24) is 14.5 Å². The maximum atomic E-state index is 6.21. The lowest BCUT2D eigenvalue weighted by Crippen LogP contribution is -2.04. The van der Waals surface area contributed by atoms with Crippen molar-refractivity contribution in [3.05, 3.63) is 39.3 Å². The number of aromatic nitrogens is 3. The molecule has 0 amide bonds. The van der Waals surface area contributed by atoms with Gasteiger partial charge in [0.1, 0.15) is 5.01 Å². The first kappa shape index (κ1) is 11.5. The molecule has 0 saturated carbocycles. The van der Waals surface area contributed by atoms with Crippen molar-refractivity contribution in [2.75, 3.05) is 5.73 Å². The Balaban J connectivity index is 2.13. The van der Waals surface area contributed by atoms with Crippen LogP contribution in [0.25, 0.3) is 11.0 Å². The molecule has 0 aliphatic carbocycles. The van der Waals surface area contributed by atoms with Crippen LogP contribution in [0.5, 0.6) is 0 Å². The minimum Gasteiger partial charge on any atom is -0.369 e. The van der Waals surface area contributed by atoms with Gasteiger partial charge in [-0.05, 0) is 19.1 Å². The highest BCUT2D eigenvalue weighted by Crippen LogP contribution is 2.27. The van der Waals surface area contributed by atoms with Gasteiger partial charge in [-0.1, -0.05) is 17.7 Å². The highest BCUT2D eigenvalue weighted by molar-refractivity contribution is 7.11. The molecule has 0 aliphatic rings. The molecule has 0 unspecified atom stereocenters. The zero-order valence-corrected chi connectivity index (χ0v) is 11.3. The standard InChI is InChI=1S/C12H11ClN4S/c1-7-5-15-10(18-7)6-17-11-8(13)3-2-4-9(11)16-12(17)14/h2-5H,6H2,1H3,(H2,14,16). The maximum Gasteiger partial charge on any atom is 0.201 e. The number of nitrogens with two attached hydrogens (primary N) is 1. The van der Waals surface area contributed by atoms with Crippen LogP contribution < -0.4 is 5.73 Å². The number of aryl methyl sites for hydroxylation is 1. The van der Waals surface area contributed by atoms with Gasteiger partial charge < -0.3 is 10.3 Å². The monoisotopic (exact) mass is 278 g/mol. The van der Waals surface area contributed by atoms with Crippen molar-refractivity contribution in [3.63, 3.8) is 0 Å². The summed E-state index contributed by atoms with van der Waals surface area (Å²) in [4.78, 5) is 9.83. The molecule has 3 rings (SSSR count). The lowest BCUT2D eigenvalue weighted by atomic mass is 10.3. The summed E-state index contributed by atoms with van der Waals surface area (Å²) in [7, 11) is 0.